The second-order valence-corrected chi connectivity index (χ2v) is 4.43. The lowest BCUT2D eigenvalue weighted by Crippen LogP contribution is -2.34. The first kappa shape index (κ1) is 11.8. The van der Waals surface area contributed by atoms with Crippen molar-refractivity contribution in [2.24, 2.45) is 0 Å². The van der Waals surface area contributed by atoms with E-state index < -0.39 is 5.97 Å². The van der Waals surface area contributed by atoms with Gasteiger partial charge in [0.15, 0.2) is 11.5 Å². The van der Waals surface area contributed by atoms with Crippen molar-refractivity contribution in [1.29, 1.82) is 0 Å². The van der Waals surface area contributed by atoms with Gasteiger partial charge in [-0.1, -0.05) is 12.8 Å². The van der Waals surface area contributed by atoms with Crippen LogP contribution in [0.3, 0.4) is 0 Å². The van der Waals surface area contributed by atoms with E-state index in [9.17, 15) is 4.79 Å². The number of rotatable bonds is 2. The van der Waals surface area contributed by atoms with Crippen molar-refractivity contribution in [2.75, 3.05) is 11.4 Å². The van der Waals surface area contributed by atoms with Gasteiger partial charge in [0.1, 0.15) is 0 Å². The molecular weight excluding hydrogens is 218 g/mol. The van der Waals surface area contributed by atoms with E-state index in [-0.39, 0.29) is 5.69 Å². The number of anilines is 1. The summed E-state index contributed by atoms with van der Waals surface area (Å²) in [4.78, 5) is 21.3. The maximum atomic E-state index is 11.1. The highest BCUT2D eigenvalue weighted by molar-refractivity contribution is 5.91. The third-order valence-electron chi connectivity index (χ3n) is 3.21. The minimum absolute atomic E-state index is 0.0567. The summed E-state index contributed by atoms with van der Waals surface area (Å²) in [5, 5.41) is 9.12. The van der Waals surface area contributed by atoms with Crippen molar-refractivity contribution >= 4 is 11.8 Å². The van der Waals surface area contributed by atoms with Crippen molar-refractivity contribution in [2.45, 2.75) is 38.6 Å². The molecule has 1 aliphatic rings. The summed E-state index contributed by atoms with van der Waals surface area (Å²) in [6, 6.07) is 0.326. The topological polar surface area (TPSA) is 66.3 Å². The second-order valence-electron chi connectivity index (χ2n) is 4.43. The summed E-state index contributed by atoms with van der Waals surface area (Å²) in [6.45, 7) is 2.98. The summed E-state index contributed by atoms with van der Waals surface area (Å²) in [7, 11) is 0. The molecule has 1 aliphatic heterocycles. The number of carboxylic acids is 1. The number of nitrogens with zero attached hydrogens (tertiary/aromatic N) is 3. The summed E-state index contributed by atoms with van der Waals surface area (Å²) < 4.78 is 0. The van der Waals surface area contributed by atoms with E-state index >= 15 is 0 Å². The Hall–Kier alpha value is -1.65. The molecule has 1 saturated heterocycles. The van der Waals surface area contributed by atoms with Crippen LogP contribution in [0.4, 0.5) is 5.82 Å². The molecule has 1 aromatic rings. The second kappa shape index (κ2) is 5.12. The van der Waals surface area contributed by atoms with Crippen LogP contribution >= 0.6 is 0 Å². The van der Waals surface area contributed by atoms with Crippen LogP contribution in [-0.2, 0) is 0 Å². The molecule has 0 bridgehead atoms. The molecule has 92 valence electrons. The molecule has 2 rings (SSSR count). The molecule has 5 heteroatoms. The van der Waals surface area contributed by atoms with E-state index in [1.807, 2.05) is 0 Å². The average Bonchev–Trinajstić information content (AvgIpc) is 2.54. The van der Waals surface area contributed by atoms with Crippen LogP contribution in [0.2, 0.25) is 0 Å². The van der Waals surface area contributed by atoms with Gasteiger partial charge < -0.3 is 10.0 Å². The van der Waals surface area contributed by atoms with Crippen molar-refractivity contribution in [1.82, 2.24) is 9.97 Å². The first-order valence-corrected chi connectivity index (χ1v) is 6.01. The number of hydrogen-bond acceptors (Lipinski definition) is 4. The molecule has 1 fully saturated rings. The summed E-state index contributed by atoms with van der Waals surface area (Å²) >= 11 is 0. The molecule has 0 saturated carbocycles. The van der Waals surface area contributed by atoms with Crippen LogP contribution in [0.15, 0.2) is 12.4 Å². The molecule has 0 amide bonds. The van der Waals surface area contributed by atoms with Gasteiger partial charge in [-0.15, -0.1) is 0 Å². The fourth-order valence-electron chi connectivity index (χ4n) is 2.28. The molecule has 0 spiro atoms. The Bertz CT molecular complexity index is 408. The van der Waals surface area contributed by atoms with Crippen LogP contribution in [0.25, 0.3) is 0 Å². The lowest BCUT2D eigenvalue weighted by molar-refractivity contribution is 0.0690. The van der Waals surface area contributed by atoms with E-state index in [0.29, 0.717) is 11.9 Å². The van der Waals surface area contributed by atoms with E-state index in [2.05, 4.69) is 21.8 Å². The first-order chi connectivity index (χ1) is 8.20. The van der Waals surface area contributed by atoms with Gasteiger partial charge in [-0.25, -0.2) is 14.8 Å². The van der Waals surface area contributed by atoms with E-state index in [4.69, 9.17) is 5.11 Å². The van der Waals surface area contributed by atoms with Gasteiger partial charge in [0.05, 0.1) is 0 Å². The van der Waals surface area contributed by atoms with Crippen LogP contribution in [0.1, 0.15) is 43.1 Å². The molecule has 2 heterocycles. The normalized spacial score (nSPS) is 21.0. The zero-order valence-corrected chi connectivity index (χ0v) is 9.96. The Labute approximate surface area is 100 Å². The molecular formula is C12H17N3O2. The van der Waals surface area contributed by atoms with Crippen molar-refractivity contribution < 1.29 is 9.90 Å². The number of aromatic carboxylic acids is 1. The first-order valence-electron chi connectivity index (χ1n) is 6.01. The van der Waals surface area contributed by atoms with E-state index in [1.165, 1.54) is 19.0 Å². The predicted octanol–water partition coefficient (Wildman–Crippen LogP) is 1.94. The summed E-state index contributed by atoms with van der Waals surface area (Å²) in [5.41, 5.74) is 0.0567. The van der Waals surface area contributed by atoms with E-state index in [0.717, 1.165) is 19.4 Å². The number of carbonyl (C=O) groups is 1. The van der Waals surface area contributed by atoms with Crippen LogP contribution < -0.4 is 4.90 Å². The summed E-state index contributed by atoms with van der Waals surface area (Å²) in [5.74, 6) is -0.501. The Balaban J connectivity index is 2.34. The maximum absolute atomic E-state index is 11.1. The van der Waals surface area contributed by atoms with Crippen LogP contribution in [0.5, 0.6) is 0 Å². The van der Waals surface area contributed by atoms with Gasteiger partial charge in [0.25, 0.3) is 0 Å². The monoisotopic (exact) mass is 235 g/mol. The van der Waals surface area contributed by atoms with Gasteiger partial charge in [0.2, 0.25) is 0 Å². The number of carboxylic acid groups (broad SMARTS) is 1. The SMILES string of the molecule is CC1CCCCCN1c1nccnc1C(=O)O. The maximum Gasteiger partial charge on any atom is 0.358 e. The third kappa shape index (κ3) is 2.54. The predicted molar refractivity (Wildman–Crippen MR) is 64.3 cm³/mol. The van der Waals surface area contributed by atoms with Gasteiger partial charge in [-0.05, 0) is 19.8 Å². The molecule has 1 atom stereocenters. The smallest absolute Gasteiger partial charge is 0.358 e. The molecule has 0 aromatic carbocycles. The Morgan fingerprint density at radius 1 is 1.35 bits per heavy atom. The zero-order chi connectivity index (χ0) is 12.3. The highest BCUT2D eigenvalue weighted by Crippen LogP contribution is 2.24. The van der Waals surface area contributed by atoms with Crippen molar-refractivity contribution in [3.8, 4) is 0 Å². The standard InChI is InChI=1S/C12H17N3O2/c1-9-5-3-2-4-8-15(9)11-10(12(16)17)13-6-7-14-11/h6-7,9H,2-5,8H2,1H3,(H,16,17). The molecule has 0 aliphatic carbocycles. The highest BCUT2D eigenvalue weighted by atomic mass is 16.4. The quantitative estimate of drug-likeness (QED) is 0.848. The Morgan fingerprint density at radius 2 is 2.12 bits per heavy atom. The average molecular weight is 235 g/mol. The lowest BCUT2D eigenvalue weighted by atomic mass is 10.1. The number of aromatic nitrogens is 2. The fourth-order valence-corrected chi connectivity index (χ4v) is 2.28. The zero-order valence-electron chi connectivity index (χ0n) is 9.96. The molecule has 17 heavy (non-hydrogen) atoms. The lowest BCUT2D eigenvalue weighted by Gasteiger charge is -2.28. The minimum atomic E-state index is -1.01. The van der Waals surface area contributed by atoms with Gasteiger partial charge in [-0.2, -0.15) is 0 Å². The highest BCUT2D eigenvalue weighted by Gasteiger charge is 2.23. The third-order valence-corrected chi connectivity index (χ3v) is 3.21. The van der Waals surface area contributed by atoms with Crippen LogP contribution in [-0.4, -0.2) is 33.6 Å². The van der Waals surface area contributed by atoms with Crippen LogP contribution in [0, 0.1) is 0 Å². The van der Waals surface area contributed by atoms with E-state index in [1.54, 1.807) is 6.20 Å². The molecule has 5 nitrogen and oxygen atoms in total. The summed E-state index contributed by atoms with van der Waals surface area (Å²) in [6.07, 6.45) is 7.54. The number of hydrogen-bond donors (Lipinski definition) is 1. The molecule has 0 radical (unpaired) electrons. The molecule has 1 aromatic heterocycles. The Morgan fingerprint density at radius 3 is 2.88 bits per heavy atom. The van der Waals surface area contributed by atoms with Crippen molar-refractivity contribution in [3.63, 3.8) is 0 Å². The minimum Gasteiger partial charge on any atom is -0.476 e. The van der Waals surface area contributed by atoms with Gasteiger partial charge >= 0.3 is 5.97 Å². The fraction of sp³-hybridized carbons (Fsp3) is 0.583. The van der Waals surface area contributed by atoms with Crippen molar-refractivity contribution in [3.05, 3.63) is 18.1 Å². The molecule has 1 N–H and O–H groups in total. The largest absolute Gasteiger partial charge is 0.476 e. The van der Waals surface area contributed by atoms with Gasteiger partial charge in [-0.3, -0.25) is 0 Å². The Kier molecular flexibility index (Phi) is 3.56. The van der Waals surface area contributed by atoms with Gasteiger partial charge in [0, 0.05) is 25.0 Å². The molecule has 1 unspecified atom stereocenters.